The van der Waals surface area contributed by atoms with Crippen molar-refractivity contribution in [1.82, 2.24) is 0 Å². The standard InChI is InChI=1S/C40H34O/c1-40(2)36-19-8-9-21-38(36)41-39-35(18-11-20-37(39)40)32-24-22-31(23-25-32)34(28-12-4-3-5-13-28)27-26-30-16-10-15-29-14-6-7-17-33(29)30/h3-25,34H,26-27H2,1-2H3. The molecular weight excluding hydrogens is 496 g/mol. The molecule has 0 bridgehead atoms. The monoisotopic (exact) mass is 530 g/mol. The van der Waals surface area contributed by atoms with Gasteiger partial charge in [0.2, 0.25) is 0 Å². The Kier molecular flexibility index (Phi) is 6.44. The molecule has 1 heterocycles. The van der Waals surface area contributed by atoms with Gasteiger partial charge in [0.1, 0.15) is 11.5 Å². The van der Waals surface area contributed by atoms with Gasteiger partial charge in [0, 0.05) is 28.0 Å². The number of hydrogen-bond acceptors (Lipinski definition) is 1. The number of para-hydroxylation sites is 2. The van der Waals surface area contributed by atoms with Crippen LogP contribution >= 0.6 is 0 Å². The van der Waals surface area contributed by atoms with Crippen LogP contribution in [-0.2, 0) is 11.8 Å². The zero-order chi connectivity index (χ0) is 27.8. The molecule has 0 spiro atoms. The molecule has 200 valence electrons. The lowest BCUT2D eigenvalue weighted by Crippen LogP contribution is -2.24. The quantitative estimate of drug-likeness (QED) is 0.208. The van der Waals surface area contributed by atoms with E-state index >= 15 is 0 Å². The summed E-state index contributed by atoms with van der Waals surface area (Å²) < 4.78 is 6.57. The molecule has 1 heteroatoms. The molecule has 41 heavy (non-hydrogen) atoms. The maximum Gasteiger partial charge on any atom is 0.139 e. The molecule has 0 aliphatic carbocycles. The summed E-state index contributed by atoms with van der Waals surface area (Å²) in [5, 5.41) is 2.67. The Labute approximate surface area is 243 Å². The SMILES string of the molecule is CC1(C)c2ccccc2Oc2c(-c3ccc(C(CCc4cccc5ccccc45)c4ccccc4)cc3)cccc21. The van der Waals surface area contributed by atoms with Gasteiger partial charge < -0.3 is 4.74 Å². The van der Waals surface area contributed by atoms with E-state index in [2.05, 4.69) is 153 Å². The fraction of sp³-hybridized carbons (Fsp3) is 0.150. The van der Waals surface area contributed by atoms with E-state index < -0.39 is 0 Å². The molecule has 0 radical (unpaired) electrons. The molecule has 6 aromatic rings. The molecule has 0 aromatic heterocycles. The average molecular weight is 531 g/mol. The highest BCUT2D eigenvalue weighted by molar-refractivity contribution is 5.85. The summed E-state index contributed by atoms with van der Waals surface area (Å²) in [6.07, 6.45) is 2.07. The van der Waals surface area contributed by atoms with Crippen molar-refractivity contribution in [2.75, 3.05) is 0 Å². The van der Waals surface area contributed by atoms with Crippen molar-refractivity contribution in [2.24, 2.45) is 0 Å². The minimum atomic E-state index is -0.125. The summed E-state index contributed by atoms with van der Waals surface area (Å²) in [6, 6.07) is 50.5. The van der Waals surface area contributed by atoms with Gasteiger partial charge in [-0.25, -0.2) is 0 Å². The third-order valence-corrected chi connectivity index (χ3v) is 8.87. The minimum Gasteiger partial charge on any atom is -0.456 e. The Bertz CT molecular complexity index is 1820. The number of fused-ring (bicyclic) bond motifs is 3. The lowest BCUT2D eigenvalue weighted by atomic mass is 9.75. The van der Waals surface area contributed by atoms with Crippen LogP contribution in [0.4, 0.5) is 0 Å². The molecule has 0 fully saturated rings. The molecule has 1 aliphatic heterocycles. The lowest BCUT2D eigenvalue weighted by molar-refractivity contribution is 0.419. The normalized spacial score (nSPS) is 14.1. The van der Waals surface area contributed by atoms with Crippen LogP contribution in [0.25, 0.3) is 21.9 Å². The Morgan fingerprint density at radius 2 is 1.24 bits per heavy atom. The lowest BCUT2D eigenvalue weighted by Gasteiger charge is -2.35. The van der Waals surface area contributed by atoms with Gasteiger partial charge in [-0.1, -0.05) is 147 Å². The second-order valence-electron chi connectivity index (χ2n) is 11.7. The van der Waals surface area contributed by atoms with Crippen molar-refractivity contribution in [2.45, 2.75) is 38.0 Å². The molecule has 6 aromatic carbocycles. The van der Waals surface area contributed by atoms with Crippen molar-refractivity contribution in [3.05, 3.63) is 167 Å². The number of ether oxygens (including phenoxy) is 1. The molecule has 1 nitrogen and oxygen atoms in total. The minimum absolute atomic E-state index is 0.125. The van der Waals surface area contributed by atoms with Crippen LogP contribution in [0.3, 0.4) is 0 Å². The van der Waals surface area contributed by atoms with Crippen LogP contribution in [0.15, 0.2) is 140 Å². The third-order valence-electron chi connectivity index (χ3n) is 8.87. The van der Waals surface area contributed by atoms with E-state index in [0.717, 1.165) is 29.9 Å². The first-order chi connectivity index (χ1) is 20.1. The van der Waals surface area contributed by atoms with E-state index in [1.165, 1.54) is 44.2 Å². The first kappa shape index (κ1) is 25.4. The maximum absolute atomic E-state index is 6.57. The first-order valence-electron chi connectivity index (χ1n) is 14.6. The van der Waals surface area contributed by atoms with Crippen molar-refractivity contribution in [3.63, 3.8) is 0 Å². The number of rotatable bonds is 6. The topological polar surface area (TPSA) is 9.23 Å². The fourth-order valence-corrected chi connectivity index (χ4v) is 6.61. The van der Waals surface area contributed by atoms with E-state index in [0.29, 0.717) is 5.92 Å². The summed E-state index contributed by atoms with van der Waals surface area (Å²) >= 11 is 0. The van der Waals surface area contributed by atoms with E-state index in [-0.39, 0.29) is 5.41 Å². The summed E-state index contributed by atoms with van der Waals surface area (Å²) in [4.78, 5) is 0. The zero-order valence-electron chi connectivity index (χ0n) is 23.7. The smallest absolute Gasteiger partial charge is 0.139 e. The molecule has 1 aliphatic rings. The summed E-state index contributed by atoms with van der Waals surface area (Å²) in [5.74, 6) is 2.24. The van der Waals surface area contributed by atoms with Gasteiger partial charge in [-0.3, -0.25) is 0 Å². The van der Waals surface area contributed by atoms with E-state index in [4.69, 9.17) is 4.74 Å². The summed E-state index contributed by atoms with van der Waals surface area (Å²) in [7, 11) is 0. The predicted molar refractivity (Wildman–Crippen MR) is 171 cm³/mol. The first-order valence-corrected chi connectivity index (χ1v) is 14.6. The van der Waals surface area contributed by atoms with Crippen LogP contribution in [0.5, 0.6) is 11.5 Å². The van der Waals surface area contributed by atoms with Gasteiger partial charge in [0.25, 0.3) is 0 Å². The molecule has 0 saturated heterocycles. The van der Waals surface area contributed by atoms with Crippen molar-refractivity contribution in [3.8, 4) is 22.6 Å². The Morgan fingerprint density at radius 1 is 0.585 bits per heavy atom. The zero-order valence-corrected chi connectivity index (χ0v) is 23.7. The van der Waals surface area contributed by atoms with Crippen molar-refractivity contribution < 1.29 is 4.74 Å². The number of aryl methyl sites for hydroxylation is 1. The second-order valence-corrected chi connectivity index (χ2v) is 11.7. The van der Waals surface area contributed by atoms with Gasteiger partial charge in [0.15, 0.2) is 0 Å². The largest absolute Gasteiger partial charge is 0.456 e. The summed E-state index contributed by atoms with van der Waals surface area (Å²) in [6.45, 7) is 4.58. The molecule has 1 unspecified atom stereocenters. The summed E-state index contributed by atoms with van der Waals surface area (Å²) in [5.41, 5.74) is 8.78. The number of benzene rings is 6. The highest BCUT2D eigenvalue weighted by Crippen LogP contribution is 2.51. The highest BCUT2D eigenvalue weighted by atomic mass is 16.5. The van der Waals surface area contributed by atoms with Crippen molar-refractivity contribution >= 4 is 10.8 Å². The van der Waals surface area contributed by atoms with Gasteiger partial charge >= 0.3 is 0 Å². The van der Waals surface area contributed by atoms with Gasteiger partial charge in [0.05, 0.1) is 0 Å². The van der Waals surface area contributed by atoms with Crippen LogP contribution in [0.2, 0.25) is 0 Å². The van der Waals surface area contributed by atoms with E-state index in [9.17, 15) is 0 Å². The van der Waals surface area contributed by atoms with E-state index in [1.54, 1.807) is 0 Å². The van der Waals surface area contributed by atoms with E-state index in [1.807, 2.05) is 0 Å². The van der Waals surface area contributed by atoms with Crippen LogP contribution in [0, 0.1) is 0 Å². The Balaban J connectivity index is 1.22. The predicted octanol–water partition coefficient (Wildman–Crippen LogP) is 10.7. The van der Waals surface area contributed by atoms with Crippen LogP contribution in [0.1, 0.15) is 54.0 Å². The number of hydrogen-bond donors (Lipinski definition) is 0. The highest BCUT2D eigenvalue weighted by Gasteiger charge is 2.35. The van der Waals surface area contributed by atoms with Crippen molar-refractivity contribution in [1.29, 1.82) is 0 Å². The molecule has 0 N–H and O–H groups in total. The maximum atomic E-state index is 6.57. The second kappa shape index (κ2) is 10.4. The Morgan fingerprint density at radius 3 is 2.10 bits per heavy atom. The van der Waals surface area contributed by atoms with Gasteiger partial charge in [-0.15, -0.1) is 0 Å². The third kappa shape index (κ3) is 4.62. The molecular formula is C40H34O. The van der Waals surface area contributed by atoms with Crippen LogP contribution < -0.4 is 4.74 Å². The molecule has 1 atom stereocenters. The fourth-order valence-electron chi connectivity index (χ4n) is 6.61. The van der Waals surface area contributed by atoms with Gasteiger partial charge in [-0.05, 0) is 51.9 Å². The van der Waals surface area contributed by atoms with Gasteiger partial charge in [-0.2, -0.15) is 0 Å². The molecule has 0 amide bonds. The van der Waals surface area contributed by atoms with Crippen LogP contribution in [-0.4, -0.2) is 0 Å². The average Bonchev–Trinajstić information content (AvgIpc) is 3.02. The Hall–Kier alpha value is -4.62. The molecule has 0 saturated carbocycles. The molecule has 7 rings (SSSR count).